The summed E-state index contributed by atoms with van der Waals surface area (Å²) in [5, 5.41) is 16.0. The Bertz CT molecular complexity index is 2180. The molecule has 4 saturated heterocycles. The van der Waals surface area contributed by atoms with Crippen molar-refractivity contribution in [3.8, 4) is 5.75 Å². The Morgan fingerprint density at radius 3 is 1.88 bits per heavy atom. The van der Waals surface area contributed by atoms with Crippen LogP contribution in [0.25, 0.3) is 0 Å². The summed E-state index contributed by atoms with van der Waals surface area (Å²) >= 11 is 0. The van der Waals surface area contributed by atoms with Gasteiger partial charge in [-0.25, -0.2) is 0 Å². The Balaban J connectivity index is 0.667. The van der Waals surface area contributed by atoms with Crippen molar-refractivity contribution >= 4 is 28.9 Å². The van der Waals surface area contributed by atoms with Crippen molar-refractivity contribution in [3.05, 3.63) is 119 Å². The third kappa shape index (κ3) is 9.85. The Hall–Kier alpha value is -4.90. The predicted octanol–water partition coefficient (Wildman–Crippen LogP) is 7.69. The number of rotatable bonds is 11. The molecule has 0 bridgehead atoms. The van der Waals surface area contributed by atoms with Crippen LogP contribution in [0.3, 0.4) is 0 Å². The first kappa shape index (κ1) is 43.0. The number of carbonyl (C=O) groups excluding carboxylic acids is 2. The number of imide groups is 1. The maximum atomic E-state index is 12.2. The van der Waals surface area contributed by atoms with E-state index >= 15 is 0 Å². The fourth-order valence-electron chi connectivity index (χ4n) is 12.4. The number of amides is 2. The van der Waals surface area contributed by atoms with Gasteiger partial charge in [-0.15, -0.1) is 0 Å². The van der Waals surface area contributed by atoms with Gasteiger partial charge in [-0.1, -0.05) is 61.4 Å². The lowest BCUT2D eigenvalue weighted by molar-refractivity contribution is -0.133. The molecule has 6 aliphatic rings. The van der Waals surface area contributed by atoms with Crippen LogP contribution in [0.2, 0.25) is 0 Å². The van der Waals surface area contributed by atoms with Crippen LogP contribution in [0.1, 0.15) is 91.9 Å². The highest BCUT2D eigenvalue weighted by atomic mass is 16.3. The summed E-state index contributed by atoms with van der Waals surface area (Å²) < 4.78 is 0. The molecule has 4 aromatic rings. The van der Waals surface area contributed by atoms with Gasteiger partial charge in [0, 0.05) is 114 Å². The Kier molecular flexibility index (Phi) is 13.2. The first-order chi connectivity index (χ1) is 31.4. The summed E-state index contributed by atoms with van der Waals surface area (Å²) in [6, 6.07) is 35.3. The molecule has 4 heterocycles. The molecule has 2 aliphatic carbocycles. The quantitative estimate of drug-likeness (QED) is 0.131. The average Bonchev–Trinajstić information content (AvgIpc) is 3.34. The zero-order chi connectivity index (χ0) is 43.4. The molecule has 1 saturated carbocycles. The lowest BCUT2D eigenvalue weighted by atomic mass is 9.69. The second-order valence-electron chi connectivity index (χ2n) is 19.9. The SMILES string of the molecule is O=C1CCC(Nc2ccc(N3CCN(C[C@@H]4CCCC[C@H]4CN4CCN(C5CCN(c6ccc([C@@H]7c8ccc(O)cc8CC[C@@H]7c7ccccc7)cc6)CC5)CC4)CC3)cc2)C(=O)N1. The van der Waals surface area contributed by atoms with Crippen LogP contribution in [-0.4, -0.2) is 122 Å². The first-order valence-electron chi connectivity index (χ1n) is 24.8. The Morgan fingerprint density at radius 2 is 1.22 bits per heavy atom. The molecule has 2 amide bonds. The minimum Gasteiger partial charge on any atom is -0.508 e. The molecule has 5 fully saturated rings. The molecule has 64 heavy (non-hydrogen) atoms. The van der Waals surface area contributed by atoms with Crippen molar-refractivity contribution in [2.75, 3.05) is 93.7 Å². The number of benzene rings is 4. The first-order valence-corrected chi connectivity index (χ1v) is 24.8. The van der Waals surface area contributed by atoms with Crippen molar-refractivity contribution in [1.82, 2.24) is 20.0 Å². The molecule has 0 spiro atoms. The number of aryl methyl sites for hydroxylation is 1. The number of fused-ring (bicyclic) bond motifs is 1. The standard InChI is InChI=1S/C54H69N7O3/c62-48-19-21-50-41(36-48)12-20-49(39-6-2-1-3-7-39)53(50)40-10-15-45(16-11-40)59-26-24-47(25-27-59)61-34-30-58(31-35-61)38-43-9-5-4-8-42(43)37-57-28-32-60(33-29-57)46-17-13-44(14-18-46)55-51-22-23-52(63)56-54(51)64/h1-3,6-7,10-11,13-19,21,36,42-43,47,49,51,53,55,62H,4-5,8-9,12,20,22-35,37-38H2,(H,56,63,64)/t42-,43-,49+,51?,53-/m0/s1. The van der Waals surface area contributed by atoms with Crippen LogP contribution in [-0.2, 0) is 16.0 Å². The molecule has 4 aliphatic heterocycles. The van der Waals surface area contributed by atoms with Crippen LogP contribution in [0, 0.1) is 11.8 Å². The molecule has 5 atom stereocenters. The van der Waals surface area contributed by atoms with Gasteiger partial charge in [0.15, 0.2) is 0 Å². The molecule has 0 radical (unpaired) electrons. The molecular formula is C54H69N7O3. The molecule has 3 N–H and O–H groups in total. The van der Waals surface area contributed by atoms with E-state index in [1.165, 1.54) is 111 Å². The monoisotopic (exact) mass is 864 g/mol. The van der Waals surface area contributed by atoms with Gasteiger partial charge in [-0.3, -0.25) is 24.7 Å². The van der Waals surface area contributed by atoms with Gasteiger partial charge in [0.05, 0.1) is 0 Å². The lowest BCUT2D eigenvalue weighted by Gasteiger charge is -2.45. The minimum atomic E-state index is -0.355. The van der Waals surface area contributed by atoms with E-state index in [9.17, 15) is 14.7 Å². The van der Waals surface area contributed by atoms with E-state index in [0.717, 1.165) is 69.6 Å². The van der Waals surface area contributed by atoms with Gasteiger partial charge in [-0.05, 0) is 133 Å². The van der Waals surface area contributed by atoms with Crippen LogP contribution in [0.4, 0.5) is 17.1 Å². The van der Waals surface area contributed by atoms with E-state index < -0.39 is 0 Å². The maximum Gasteiger partial charge on any atom is 0.249 e. The number of phenolic OH excluding ortho intramolecular Hbond substituents is 1. The number of hydrogen-bond donors (Lipinski definition) is 3. The number of nitrogens with zero attached hydrogens (tertiary/aromatic N) is 5. The zero-order valence-corrected chi connectivity index (χ0v) is 37.8. The zero-order valence-electron chi connectivity index (χ0n) is 37.8. The van der Waals surface area contributed by atoms with E-state index in [1.54, 1.807) is 0 Å². The topological polar surface area (TPSA) is 94.6 Å². The number of aromatic hydroxyl groups is 1. The van der Waals surface area contributed by atoms with Crippen LogP contribution in [0.15, 0.2) is 97.1 Å². The molecule has 10 rings (SSSR count). The number of anilines is 3. The summed E-state index contributed by atoms with van der Waals surface area (Å²) in [6.07, 6.45) is 11.0. The second kappa shape index (κ2) is 19.7. The number of piperazine rings is 2. The molecule has 1 unspecified atom stereocenters. The molecule has 10 heteroatoms. The molecule has 4 aromatic carbocycles. The normalized spacial score (nSPS) is 26.7. The number of carbonyl (C=O) groups is 2. The van der Waals surface area contributed by atoms with E-state index in [4.69, 9.17) is 0 Å². The highest BCUT2D eigenvalue weighted by molar-refractivity contribution is 6.01. The fraction of sp³-hybridized carbons (Fsp3) is 0.519. The predicted molar refractivity (Wildman–Crippen MR) is 257 cm³/mol. The Morgan fingerprint density at radius 1 is 0.594 bits per heavy atom. The summed E-state index contributed by atoms with van der Waals surface area (Å²) in [5.41, 5.74) is 8.94. The van der Waals surface area contributed by atoms with Crippen LogP contribution in [0.5, 0.6) is 5.75 Å². The number of hydrogen-bond acceptors (Lipinski definition) is 9. The van der Waals surface area contributed by atoms with Crippen molar-refractivity contribution in [1.29, 1.82) is 0 Å². The minimum absolute atomic E-state index is 0.184. The smallest absolute Gasteiger partial charge is 0.249 e. The molecular weight excluding hydrogens is 795 g/mol. The number of phenols is 1. The summed E-state index contributed by atoms with van der Waals surface area (Å²) in [7, 11) is 0. The molecule has 10 nitrogen and oxygen atoms in total. The number of nitrogens with one attached hydrogen (secondary N) is 2. The third-order valence-electron chi connectivity index (χ3n) is 16.1. The van der Waals surface area contributed by atoms with Gasteiger partial charge >= 0.3 is 0 Å². The molecule has 338 valence electrons. The van der Waals surface area contributed by atoms with Crippen molar-refractivity contribution < 1.29 is 14.7 Å². The Labute approximate surface area is 381 Å². The fourth-order valence-corrected chi connectivity index (χ4v) is 12.4. The highest BCUT2D eigenvalue weighted by Gasteiger charge is 2.35. The average molecular weight is 864 g/mol. The van der Waals surface area contributed by atoms with E-state index in [2.05, 4.69) is 120 Å². The van der Waals surface area contributed by atoms with Crippen molar-refractivity contribution in [3.63, 3.8) is 0 Å². The maximum absolute atomic E-state index is 12.2. The second-order valence-corrected chi connectivity index (χ2v) is 19.9. The van der Waals surface area contributed by atoms with Crippen LogP contribution >= 0.6 is 0 Å². The van der Waals surface area contributed by atoms with Gasteiger partial charge < -0.3 is 25.1 Å². The largest absolute Gasteiger partial charge is 0.508 e. The van der Waals surface area contributed by atoms with Gasteiger partial charge in [-0.2, -0.15) is 0 Å². The van der Waals surface area contributed by atoms with E-state index in [-0.39, 0.29) is 23.8 Å². The van der Waals surface area contributed by atoms with Gasteiger partial charge in [0.2, 0.25) is 11.8 Å². The van der Waals surface area contributed by atoms with Crippen LogP contribution < -0.4 is 20.4 Å². The summed E-state index contributed by atoms with van der Waals surface area (Å²) in [5.74, 6) is 2.27. The molecule has 0 aromatic heterocycles. The third-order valence-corrected chi connectivity index (χ3v) is 16.1. The lowest BCUT2D eigenvalue weighted by Crippen LogP contribution is -2.54. The van der Waals surface area contributed by atoms with Crippen molar-refractivity contribution in [2.24, 2.45) is 11.8 Å². The van der Waals surface area contributed by atoms with E-state index in [0.29, 0.717) is 30.6 Å². The van der Waals surface area contributed by atoms with Gasteiger partial charge in [0.1, 0.15) is 11.8 Å². The van der Waals surface area contributed by atoms with Gasteiger partial charge in [0.25, 0.3) is 0 Å². The highest BCUT2D eigenvalue weighted by Crippen LogP contribution is 2.47. The number of piperidine rings is 2. The summed E-state index contributed by atoms with van der Waals surface area (Å²) in [4.78, 5) is 37.2. The summed E-state index contributed by atoms with van der Waals surface area (Å²) in [6.45, 7) is 13.9. The van der Waals surface area contributed by atoms with E-state index in [1.807, 2.05) is 12.1 Å². The van der Waals surface area contributed by atoms with Crippen molar-refractivity contribution in [2.45, 2.75) is 88.1 Å².